The molecular formula is C16H23ClN2O2. The van der Waals surface area contributed by atoms with E-state index in [1.807, 2.05) is 24.1 Å². The first-order valence-corrected chi connectivity index (χ1v) is 7.84. The van der Waals surface area contributed by atoms with Gasteiger partial charge in [0.2, 0.25) is 0 Å². The topological polar surface area (TPSA) is 41.6 Å². The van der Waals surface area contributed by atoms with Crippen LogP contribution in [0.25, 0.3) is 0 Å². The van der Waals surface area contributed by atoms with Gasteiger partial charge in [0, 0.05) is 13.1 Å². The number of hydrogen-bond donors (Lipinski definition) is 1. The predicted molar refractivity (Wildman–Crippen MR) is 84.8 cm³/mol. The molecule has 2 rings (SSSR count). The maximum atomic E-state index is 12.5. The van der Waals surface area contributed by atoms with Crippen molar-refractivity contribution in [3.8, 4) is 5.75 Å². The van der Waals surface area contributed by atoms with Crippen molar-refractivity contribution in [2.45, 2.75) is 25.9 Å². The highest BCUT2D eigenvalue weighted by Gasteiger charge is 2.27. The normalized spacial score (nSPS) is 20.1. The molecule has 0 radical (unpaired) electrons. The van der Waals surface area contributed by atoms with Crippen molar-refractivity contribution in [2.24, 2.45) is 5.92 Å². The molecule has 2 atom stereocenters. The fourth-order valence-electron chi connectivity index (χ4n) is 2.76. The first kappa shape index (κ1) is 16.1. The van der Waals surface area contributed by atoms with Crippen LogP contribution in [0.5, 0.6) is 5.75 Å². The molecule has 1 aliphatic rings. The molecule has 5 heteroatoms. The minimum Gasteiger partial charge on any atom is -0.479 e. The molecule has 1 heterocycles. The van der Waals surface area contributed by atoms with E-state index in [-0.39, 0.29) is 5.91 Å². The largest absolute Gasteiger partial charge is 0.479 e. The summed E-state index contributed by atoms with van der Waals surface area (Å²) in [7, 11) is 1.95. The summed E-state index contributed by atoms with van der Waals surface area (Å²) < 4.78 is 5.72. The van der Waals surface area contributed by atoms with Gasteiger partial charge in [-0.05, 0) is 51.4 Å². The Kier molecular flexibility index (Phi) is 5.88. The third-order valence-electron chi connectivity index (χ3n) is 3.81. The molecule has 1 aromatic rings. The summed E-state index contributed by atoms with van der Waals surface area (Å²) in [6, 6.07) is 7.24. The average molecular weight is 311 g/mol. The molecule has 116 valence electrons. The second-order valence-corrected chi connectivity index (χ2v) is 5.95. The molecule has 0 aromatic heterocycles. The van der Waals surface area contributed by atoms with Crippen LogP contribution in [0.2, 0.25) is 5.02 Å². The van der Waals surface area contributed by atoms with Crippen molar-refractivity contribution in [2.75, 3.05) is 26.7 Å². The van der Waals surface area contributed by atoms with E-state index in [9.17, 15) is 4.79 Å². The zero-order valence-electron chi connectivity index (χ0n) is 12.6. The molecule has 0 bridgehead atoms. The lowest BCUT2D eigenvalue weighted by Crippen LogP contribution is -2.47. The molecule has 0 spiro atoms. The number of rotatable bonds is 5. The van der Waals surface area contributed by atoms with E-state index in [0.717, 1.165) is 26.1 Å². The molecule has 1 aliphatic heterocycles. The Morgan fingerprint density at radius 3 is 3.00 bits per heavy atom. The lowest BCUT2D eigenvalue weighted by molar-refractivity contribution is -0.139. The first-order valence-electron chi connectivity index (χ1n) is 7.46. The van der Waals surface area contributed by atoms with Gasteiger partial charge < -0.3 is 15.0 Å². The van der Waals surface area contributed by atoms with Crippen molar-refractivity contribution in [3.63, 3.8) is 0 Å². The maximum absolute atomic E-state index is 12.5. The Bertz CT molecular complexity index is 479. The molecule has 0 aliphatic carbocycles. The van der Waals surface area contributed by atoms with Crippen LogP contribution >= 0.6 is 11.6 Å². The Morgan fingerprint density at radius 2 is 2.29 bits per heavy atom. The van der Waals surface area contributed by atoms with Crippen molar-refractivity contribution in [3.05, 3.63) is 29.3 Å². The van der Waals surface area contributed by atoms with Crippen LogP contribution in [0.1, 0.15) is 19.8 Å². The van der Waals surface area contributed by atoms with Crippen LogP contribution in [0.15, 0.2) is 24.3 Å². The van der Waals surface area contributed by atoms with E-state index in [0.29, 0.717) is 16.7 Å². The second kappa shape index (κ2) is 7.66. The van der Waals surface area contributed by atoms with Gasteiger partial charge in [-0.1, -0.05) is 23.7 Å². The molecule has 1 amide bonds. The molecule has 1 N–H and O–H groups in total. The average Bonchev–Trinajstić information content (AvgIpc) is 2.49. The van der Waals surface area contributed by atoms with E-state index in [1.165, 1.54) is 6.42 Å². The number of piperidine rings is 1. The number of carbonyl (C=O) groups is 1. The number of hydrogen-bond acceptors (Lipinski definition) is 3. The van der Waals surface area contributed by atoms with Crippen LogP contribution in [-0.4, -0.2) is 43.6 Å². The van der Waals surface area contributed by atoms with Crippen LogP contribution in [0.4, 0.5) is 0 Å². The molecule has 21 heavy (non-hydrogen) atoms. The number of nitrogens with one attached hydrogen (secondary N) is 1. The highest BCUT2D eigenvalue weighted by atomic mass is 35.5. The lowest BCUT2D eigenvalue weighted by Gasteiger charge is -2.34. The van der Waals surface area contributed by atoms with E-state index < -0.39 is 6.10 Å². The predicted octanol–water partition coefficient (Wildman–Crippen LogP) is 2.57. The van der Waals surface area contributed by atoms with Gasteiger partial charge in [0.25, 0.3) is 5.91 Å². The minimum absolute atomic E-state index is 0.0377. The van der Waals surface area contributed by atoms with Gasteiger partial charge in [-0.2, -0.15) is 0 Å². The van der Waals surface area contributed by atoms with Crippen molar-refractivity contribution < 1.29 is 9.53 Å². The van der Waals surface area contributed by atoms with Gasteiger partial charge in [0.05, 0.1) is 5.02 Å². The SMILES string of the molecule is CNCC1CCCN(C(=O)C(C)Oc2ccccc2Cl)C1. The van der Waals surface area contributed by atoms with Crippen LogP contribution in [-0.2, 0) is 4.79 Å². The molecule has 1 fully saturated rings. The van der Waals surface area contributed by atoms with E-state index in [1.54, 1.807) is 19.1 Å². The summed E-state index contributed by atoms with van der Waals surface area (Å²) in [6.45, 7) is 4.35. The van der Waals surface area contributed by atoms with Crippen molar-refractivity contribution in [1.29, 1.82) is 0 Å². The summed E-state index contributed by atoms with van der Waals surface area (Å²) >= 11 is 6.07. The maximum Gasteiger partial charge on any atom is 0.263 e. The van der Waals surface area contributed by atoms with Gasteiger partial charge in [-0.25, -0.2) is 0 Å². The summed E-state index contributed by atoms with van der Waals surface area (Å²) in [5.41, 5.74) is 0. The van der Waals surface area contributed by atoms with Gasteiger partial charge in [0.15, 0.2) is 6.10 Å². The molecule has 2 unspecified atom stereocenters. The zero-order valence-corrected chi connectivity index (χ0v) is 13.4. The van der Waals surface area contributed by atoms with Crippen molar-refractivity contribution >= 4 is 17.5 Å². The Balaban J connectivity index is 1.94. The Hall–Kier alpha value is -1.26. The van der Waals surface area contributed by atoms with Gasteiger partial charge in [-0.15, -0.1) is 0 Å². The van der Waals surface area contributed by atoms with Gasteiger partial charge >= 0.3 is 0 Å². The smallest absolute Gasteiger partial charge is 0.263 e. The molecule has 4 nitrogen and oxygen atoms in total. The van der Waals surface area contributed by atoms with Crippen LogP contribution < -0.4 is 10.1 Å². The van der Waals surface area contributed by atoms with E-state index in [4.69, 9.17) is 16.3 Å². The third kappa shape index (κ3) is 4.35. The molecule has 1 saturated heterocycles. The van der Waals surface area contributed by atoms with Gasteiger partial charge in [-0.3, -0.25) is 4.79 Å². The monoisotopic (exact) mass is 310 g/mol. The van der Waals surface area contributed by atoms with E-state index >= 15 is 0 Å². The quantitative estimate of drug-likeness (QED) is 0.909. The Labute approximate surface area is 131 Å². The third-order valence-corrected chi connectivity index (χ3v) is 4.12. The number of nitrogens with zero attached hydrogens (tertiary/aromatic N) is 1. The van der Waals surface area contributed by atoms with E-state index in [2.05, 4.69) is 5.32 Å². The zero-order chi connectivity index (χ0) is 15.2. The highest BCUT2D eigenvalue weighted by molar-refractivity contribution is 6.32. The summed E-state index contributed by atoms with van der Waals surface area (Å²) in [6.07, 6.45) is 1.71. The van der Waals surface area contributed by atoms with Crippen LogP contribution in [0.3, 0.4) is 0 Å². The number of halogens is 1. The molecular weight excluding hydrogens is 288 g/mol. The van der Waals surface area contributed by atoms with Crippen molar-refractivity contribution in [1.82, 2.24) is 10.2 Å². The fraction of sp³-hybridized carbons (Fsp3) is 0.562. The number of likely N-dealkylation sites (tertiary alicyclic amines) is 1. The number of para-hydroxylation sites is 1. The van der Waals surface area contributed by atoms with Gasteiger partial charge in [0.1, 0.15) is 5.75 Å². The van der Waals surface area contributed by atoms with Crippen LogP contribution in [0, 0.1) is 5.92 Å². The molecule has 0 saturated carbocycles. The number of ether oxygens (including phenoxy) is 1. The highest BCUT2D eigenvalue weighted by Crippen LogP contribution is 2.25. The Morgan fingerprint density at radius 1 is 1.52 bits per heavy atom. The summed E-state index contributed by atoms with van der Waals surface area (Å²) in [4.78, 5) is 14.4. The second-order valence-electron chi connectivity index (χ2n) is 5.54. The summed E-state index contributed by atoms with van der Waals surface area (Å²) in [5, 5.41) is 3.72. The number of benzene rings is 1. The first-order chi connectivity index (χ1) is 10.1. The fourth-order valence-corrected chi connectivity index (χ4v) is 2.94. The minimum atomic E-state index is -0.516. The lowest BCUT2D eigenvalue weighted by atomic mass is 9.97. The summed E-state index contributed by atoms with van der Waals surface area (Å²) in [5.74, 6) is 1.12. The number of carbonyl (C=O) groups excluding carboxylic acids is 1. The number of amides is 1. The molecule has 1 aromatic carbocycles. The standard InChI is InChI=1S/C16H23ClN2O2/c1-12(21-15-8-4-3-7-14(15)17)16(20)19-9-5-6-13(11-19)10-18-2/h3-4,7-8,12-13,18H,5-6,9-11H2,1-2H3.